The summed E-state index contributed by atoms with van der Waals surface area (Å²) in [4.78, 5) is 4.63. The van der Waals surface area contributed by atoms with Crippen molar-refractivity contribution >= 4 is 17.4 Å². The second kappa shape index (κ2) is 7.20. The number of anilines is 1. The first-order valence-corrected chi connectivity index (χ1v) is 10.1. The molecular formula is C20H18N4O3S. The Morgan fingerprint density at radius 1 is 1.11 bits per heavy atom. The minimum Gasteiger partial charge on any atom is -0.454 e. The van der Waals surface area contributed by atoms with Crippen molar-refractivity contribution in [1.29, 1.82) is 0 Å². The molecule has 0 radical (unpaired) electrons. The van der Waals surface area contributed by atoms with Gasteiger partial charge in [-0.25, -0.2) is 0 Å². The summed E-state index contributed by atoms with van der Waals surface area (Å²) in [5, 5.41) is 12.7. The summed E-state index contributed by atoms with van der Waals surface area (Å²) in [5.74, 6) is 2.84. The summed E-state index contributed by atoms with van der Waals surface area (Å²) in [6.07, 6.45) is 0.591. The maximum absolute atomic E-state index is 6.27. The molecule has 0 spiro atoms. The van der Waals surface area contributed by atoms with Gasteiger partial charge >= 0.3 is 0 Å². The number of fused-ring (bicyclic) bond motifs is 4. The molecule has 3 aromatic rings. The van der Waals surface area contributed by atoms with E-state index in [0.29, 0.717) is 22.5 Å². The van der Waals surface area contributed by atoms with Crippen molar-refractivity contribution in [3.05, 3.63) is 48.0 Å². The minimum atomic E-state index is -0.447. The highest BCUT2D eigenvalue weighted by Crippen LogP contribution is 2.41. The third-order valence-electron chi connectivity index (χ3n) is 4.47. The molecule has 0 fully saturated rings. The van der Waals surface area contributed by atoms with Crippen LogP contribution in [0.15, 0.2) is 47.6 Å². The summed E-state index contributed by atoms with van der Waals surface area (Å²) in [5.41, 5.74) is 3.36. The summed E-state index contributed by atoms with van der Waals surface area (Å²) in [7, 11) is 0. The van der Waals surface area contributed by atoms with Crippen LogP contribution in [0.25, 0.3) is 11.3 Å². The molecule has 1 atom stereocenters. The average molecular weight is 394 g/mol. The molecule has 0 saturated carbocycles. The normalized spacial score (nSPS) is 16.4. The molecular weight excluding hydrogens is 376 g/mol. The van der Waals surface area contributed by atoms with E-state index in [0.717, 1.165) is 34.7 Å². The van der Waals surface area contributed by atoms with E-state index in [4.69, 9.17) is 14.2 Å². The molecule has 2 aliphatic heterocycles. The monoisotopic (exact) mass is 394 g/mol. The van der Waals surface area contributed by atoms with Gasteiger partial charge in [0, 0.05) is 22.6 Å². The van der Waals surface area contributed by atoms with Gasteiger partial charge in [0.2, 0.25) is 17.8 Å². The third kappa shape index (κ3) is 3.09. The van der Waals surface area contributed by atoms with Crippen LogP contribution < -0.4 is 19.5 Å². The van der Waals surface area contributed by atoms with Crippen LogP contribution >= 0.6 is 11.8 Å². The van der Waals surface area contributed by atoms with Crippen LogP contribution in [0.1, 0.15) is 25.1 Å². The first kappa shape index (κ1) is 17.1. The number of nitrogens with zero attached hydrogens (tertiary/aromatic N) is 3. The Morgan fingerprint density at radius 2 is 2.00 bits per heavy atom. The van der Waals surface area contributed by atoms with Crippen molar-refractivity contribution in [1.82, 2.24) is 15.2 Å². The molecule has 3 heterocycles. The van der Waals surface area contributed by atoms with E-state index in [1.165, 1.54) is 0 Å². The Morgan fingerprint density at radius 3 is 2.93 bits per heavy atom. The molecule has 1 N–H and O–H groups in total. The van der Waals surface area contributed by atoms with Crippen molar-refractivity contribution in [2.75, 3.05) is 17.9 Å². The Kier molecular flexibility index (Phi) is 4.40. The van der Waals surface area contributed by atoms with Crippen molar-refractivity contribution < 1.29 is 14.2 Å². The number of aromatic nitrogens is 3. The average Bonchev–Trinajstić information content (AvgIpc) is 3.13. The number of rotatable bonds is 4. The summed E-state index contributed by atoms with van der Waals surface area (Å²) in [6.45, 7) is 2.36. The third-order valence-corrected chi connectivity index (χ3v) is 5.51. The van der Waals surface area contributed by atoms with Gasteiger partial charge in [-0.1, -0.05) is 36.9 Å². The van der Waals surface area contributed by atoms with Gasteiger partial charge in [0.05, 0.1) is 0 Å². The van der Waals surface area contributed by atoms with E-state index >= 15 is 0 Å². The largest absolute Gasteiger partial charge is 0.454 e. The van der Waals surface area contributed by atoms with Crippen LogP contribution in [0.3, 0.4) is 0 Å². The van der Waals surface area contributed by atoms with Crippen LogP contribution in [-0.4, -0.2) is 27.7 Å². The van der Waals surface area contributed by atoms with Crippen LogP contribution in [0.4, 0.5) is 5.69 Å². The van der Waals surface area contributed by atoms with E-state index in [1.807, 2.05) is 42.5 Å². The number of thioether (sulfide) groups is 1. The smallest absolute Gasteiger partial charge is 0.247 e. The fourth-order valence-electron chi connectivity index (χ4n) is 3.13. The molecule has 2 aliphatic rings. The Labute approximate surface area is 166 Å². The molecule has 1 aromatic heterocycles. The zero-order chi connectivity index (χ0) is 18.9. The molecule has 7 nitrogen and oxygen atoms in total. The summed E-state index contributed by atoms with van der Waals surface area (Å²) < 4.78 is 17.2. The number of ether oxygens (including phenoxy) is 3. The molecule has 0 bridgehead atoms. The summed E-state index contributed by atoms with van der Waals surface area (Å²) >= 11 is 1.57. The molecule has 0 aliphatic carbocycles. The Hall–Kier alpha value is -3.00. The molecule has 28 heavy (non-hydrogen) atoms. The van der Waals surface area contributed by atoms with Crippen molar-refractivity contribution in [3.63, 3.8) is 0 Å². The fraction of sp³-hybridized carbons (Fsp3) is 0.250. The molecule has 8 heteroatoms. The Bertz CT molecular complexity index is 1030. The van der Waals surface area contributed by atoms with Gasteiger partial charge in [-0.2, -0.15) is 4.98 Å². The van der Waals surface area contributed by atoms with E-state index in [-0.39, 0.29) is 6.79 Å². The molecule has 2 aromatic carbocycles. The first-order valence-electron chi connectivity index (χ1n) is 9.11. The summed E-state index contributed by atoms with van der Waals surface area (Å²) in [6, 6.07) is 13.7. The van der Waals surface area contributed by atoms with Crippen LogP contribution in [-0.2, 0) is 0 Å². The zero-order valence-corrected chi connectivity index (χ0v) is 16.0. The van der Waals surface area contributed by atoms with Crippen LogP contribution in [0, 0.1) is 0 Å². The number of para-hydroxylation sites is 1. The number of nitrogens with one attached hydrogen (secondary N) is 1. The van der Waals surface area contributed by atoms with Gasteiger partial charge in [-0.15, -0.1) is 10.2 Å². The fourth-order valence-corrected chi connectivity index (χ4v) is 3.76. The molecule has 5 rings (SSSR count). The van der Waals surface area contributed by atoms with Crippen molar-refractivity contribution in [3.8, 4) is 28.6 Å². The van der Waals surface area contributed by atoms with Gasteiger partial charge in [0.1, 0.15) is 0 Å². The van der Waals surface area contributed by atoms with Crippen LogP contribution in [0.2, 0.25) is 0 Å². The number of hydrogen-bond acceptors (Lipinski definition) is 8. The number of hydrogen-bond donors (Lipinski definition) is 1. The van der Waals surface area contributed by atoms with Crippen molar-refractivity contribution in [2.45, 2.75) is 24.7 Å². The predicted octanol–water partition coefficient (Wildman–Crippen LogP) is 4.27. The van der Waals surface area contributed by atoms with E-state index in [9.17, 15) is 0 Å². The minimum absolute atomic E-state index is 0.235. The highest BCUT2D eigenvalue weighted by molar-refractivity contribution is 7.99. The van der Waals surface area contributed by atoms with Gasteiger partial charge in [0.25, 0.3) is 0 Å². The van der Waals surface area contributed by atoms with E-state index in [2.05, 4.69) is 27.4 Å². The van der Waals surface area contributed by atoms with Crippen LogP contribution in [0.5, 0.6) is 17.4 Å². The van der Waals surface area contributed by atoms with Gasteiger partial charge < -0.3 is 19.5 Å². The molecule has 1 unspecified atom stereocenters. The maximum atomic E-state index is 6.27. The maximum Gasteiger partial charge on any atom is 0.247 e. The second-order valence-corrected chi connectivity index (χ2v) is 7.46. The van der Waals surface area contributed by atoms with E-state index in [1.54, 1.807) is 11.8 Å². The lowest BCUT2D eigenvalue weighted by Gasteiger charge is -2.19. The highest BCUT2D eigenvalue weighted by atomic mass is 32.2. The zero-order valence-electron chi connectivity index (χ0n) is 15.2. The molecule has 0 amide bonds. The van der Waals surface area contributed by atoms with Gasteiger partial charge in [-0.05, 0) is 30.7 Å². The lowest BCUT2D eigenvalue weighted by molar-refractivity contribution is 0.173. The van der Waals surface area contributed by atoms with Crippen molar-refractivity contribution in [2.24, 2.45) is 0 Å². The predicted molar refractivity (Wildman–Crippen MR) is 106 cm³/mol. The molecule has 0 saturated heterocycles. The lowest BCUT2D eigenvalue weighted by atomic mass is 10.1. The highest BCUT2D eigenvalue weighted by Gasteiger charge is 2.27. The van der Waals surface area contributed by atoms with Gasteiger partial charge in [-0.3, -0.25) is 0 Å². The topological polar surface area (TPSA) is 78.4 Å². The van der Waals surface area contributed by atoms with Gasteiger partial charge in [0.15, 0.2) is 23.4 Å². The first-order chi connectivity index (χ1) is 13.8. The SMILES string of the molecule is CCCSc1nnc2c(n1)OC(c1ccc3c(c1)OCO3)Nc1ccccc1-2. The van der Waals surface area contributed by atoms with E-state index < -0.39 is 6.23 Å². The standard InChI is InChI=1S/C20H18N4O3S/c1-2-9-28-20-22-19-17(23-24-20)13-5-3-4-6-14(13)21-18(27-19)12-7-8-15-16(10-12)26-11-25-15/h3-8,10,18,21H,2,9,11H2,1H3. The quantitative estimate of drug-likeness (QED) is 0.657. The second-order valence-electron chi connectivity index (χ2n) is 6.40. The lowest BCUT2D eigenvalue weighted by Crippen LogP contribution is -2.17. The number of benzene rings is 2. The Balaban J connectivity index is 1.57. The molecule has 142 valence electrons.